The fraction of sp³-hybridized carbons (Fsp3) is 0.467. The molecule has 110 valence electrons. The van der Waals surface area contributed by atoms with E-state index in [1.165, 1.54) is 0 Å². The van der Waals surface area contributed by atoms with Gasteiger partial charge in [-0.1, -0.05) is 30.4 Å². The van der Waals surface area contributed by atoms with Crippen LogP contribution in [0.15, 0.2) is 18.2 Å². The van der Waals surface area contributed by atoms with Crippen molar-refractivity contribution in [1.82, 2.24) is 4.90 Å². The van der Waals surface area contributed by atoms with Gasteiger partial charge >= 0.3 is 0 Å². The number of nitrogens with two attached hydrogens (primary N) is 1. The summed E-state index contributed by atoms with van der Waals surface area (Å²) in [5.74, 6) is 0.00824. The fourth-order valence-corrected chi connectivity index (χ4v) is 2.16. The number of nitrogens with zero attached hydrogens (tertiary/aromatic N) is 1. The molecule has 0 bridgehead atoms. The standard InChI is InChI=1S/C15H22N2O2S/c1-11-5-4-6-12(2)14(11)15(18)17(9-10-19-3)8-7-13(16)20/h4-6H,7-10H2,1-3H3,(H2,16,20). The minimum Gasteiger partial charge on any atom is -0.393 e. The van der Waals surface area contributed by atoms with E-state index in [0.717, 1.165) is 16.7 Å². The Morgan fingerprint density at radius 3 is 2.40 bits per heavy atom. The molecular weight excluding hydrogens is 272 g/mol. The zero-order valence-electron chi connectivity index (χ0n) is 12.3. The summed E-state index contributed by atoms with van der Waals surface area (Å²) in [4.78, 5) is 14.9. The van der Waals surface area contributed by atoms with Gasteiger partial charge in [0, 0.05) is 32.2 Å². The van der Waals surface area contributed by atoms with E-state index in [9.17, 15) is 4.79 Å². The molecule has 0 atom stereocenters. The Bertz CT molecular complexity index is 469. The number of thiocarbonyl (C=S) groups is 1. The number of carbonyl (C=O) groups excluding carboxylic acids is 1. The van der Waals surface area contributed by atoms with Crippen LogP contribution in [0.5, 0.6) is 0 Å². The van der Waals surface area contributed by atoms with Gasteiger partial charge in [-0.2, -0.15) is 0 Å². The zero-order chi connectivity index (χ0) is 15.1. The van der Waals surface area contributed by atoms with Crippen LogP contribution in [0.2, 0.25) is 0 Å². The van der Waals surface area contributed by atoms with Gasteiger partial charge < -0.3 is 15.4 Å². The first-order valence-corrected chi connectivity index (χ1v) is 7.01. The number of ether oxygens (including phenoxy) is 1. The minimum absolute atomic E-state index is 0.00824. The molecule has 0 aliphatic rings. The normalized spacial score (nSPS) is 10.3. The monoisotopic (exact) mass is 294 g/mol. The Balaban J connectivity index is 2.93. The van der Waals surface area contributed by atoms with Crippen molar-refractivity contribution in [1.29, 1.82) is 0 Å². The highest BCUT2D eigenvalue weighted by Gasteiger charge is 2.19. The van der Waals surface area contributed by atoms with E-state index in [1.807, 2.05) is 32.0 Å². The number of amides is 1. The number of hydrogen-bond acceptors (Lipinski definition) is 3. The van der Waals surface area contributed by atoms with E-state index in [2.05, 4.69) is 0 Å². The topological polar surface area (TPSA) is 55.6 Å². The Morgan fingerprint density at radius 1 is 1.30 bits per heavy atom. The summed E-state index contributed by atoms with van der Waals surface area (Å²) in [5, 5.41) is 0. The van der Waals surface area contributed by atoms with Crippen LogP contribution in [-0.2, 0) is 4.74 Å². The highest BCUT2D eigenvalue weighted by Crippen LogP contribution is 2.16. The molecule has 4 nitrogen and oxygen atoms in total. The molecule has 0 heterocycles. The summed E-state index contributed by atoms with van der Waals surface area (Å²) in [6, 6.07) is 5.85. The highest BCUT2D eigenvalue weighted by atomic mass is 32.1. The van der Waals surface area contributed by atoms with E-state index >= 15 is 0 Å². The molecular formula is C15H22N2O2S. The minimum atomic E-state index is 0.00824. The Kier molecular flexibility index (Phi) is 6.61. The molecule has 1 rings (SSSR count). The Hall–Kier alpha value is -1.46. The van der Waals surface area contributed by atoms with Gasteiger partial charge in [-0.05, 0) is 25.0 Å². The lowest BCUT2D eigenvalue weighted by Crippen LogP contribution is -2.37. The molecule has 0 aliphatic heterocycles. The molecule has 5 heteroatoms. The first-order chi connectivity index (χ1) is 9.47. The third kappa shape index (κ3) is 4.58. The molecule has 0 fully saturated rings. The van der Waals surface area contributed by atoms with Gasteiger partial charge in [0.05, 0.1) is 11.6 Å². The van der Waals surface area contributed by atoms with E-state index < -0.39 is 0 Å². The maximum atomic E-state index is 12.7. The molecule has 1 aromatic rings. The molecule has 1 aromatic carbocycles. The molecule has 2 N–H and O–H groups in total. The molecule has 1 amide bonds. The quantitative estimate of drug-likeness (QED) is 0.782. The average Bonchev–Trinajstić information content (AvgIpc) is 2.38. The first kappa shape index (κ1) is 16.6. The van der Waals surface area contributed by atoms with Crippen LogP contribution < -0.4 is 5.73 Å². The van der Waals surface area contributed by atoms with Crippen LogP contribution in [0.25, 0.3) is 0 Å². The van der Waals surface area contributed by atoms with Crippen LogP contribution in [-0.4, -0.2) is 42.6 Å². The number of aryl methyl sites for hydroxylation is 2. The number of hydrogen-bond donors (Lipinski definition) is 1. The van der Waals surface area contributed by atoms with Crippen LogP contribution in [0.3, 0.4) is 0 Å². The van der Waals surface area contributed by atoms with Crippen LogP contribution in [0.4, 0.5) is 0 Å². The van der Waals surface area contributed by atoms with Crippen molar-refractivity contribution >= 4 is 23.1 Å². The third-order valence-electron chi connectivity index (χ3n) is 3.18. The van der Waals surface area contributed by atoms with Gasteiger partial charge in [-0.3, -0.25) is 4.79 Å². The van der Waals surface area contributed by atoms with Crippen molar-refractivity contribution in [3.05, 3.63) is 34.9 Å². The highest BCUT2D eigenvalue weighted by molar-refractivity contribution is 7.80. The van der Waals surface area contributed by atoms with Crippen molar-refractivity contribution in [2.24, 2.45) is 5.73 Å². The maximum absolute atomic E-state index is 12.7. The lowest BCUT2D eigenvalue weighted by Gasteiger charge is -2.24. The van der Waals surface area contributed by atoms with Crippen molar-refractivity contribution in [2.75, 3.05) is 26.8 Å². The predicted octanol–water partition coefficient (Wildman–Crippen LogP) is 2.07. The summed E-state index contributed by atoms with van der Waals surface area (Å²) in [6.07, 6.45) is 0.524. The second kappa shape index (κ2) is 7.97. The van der Waals surface area contributed by atoms with E-state index in [4.69, 9.17) is 22.7 Å². The van der Waals surface area contributed by atoms with Gasteiger partial charge in [-0.15, -0.1) is 0 Å². The molecule has 0 unspecified atom stereocenters. The molecule has 0 aromatic heterocycles. The zero-order valence-corrected chi connectivity index (χ0v) is 13.1. The van der Waals surface area contributed by atoms with Crippen molar-refractivity contribution in [3.63, 3.8) is 0 Å². The number of rotatable bonds is 7. The number of carbonyl (C=O) groups is 1. The Morgan fingerprint density at radius 2 is 1.90 bits per heavy atom. The summed E-state index contributed by atoms with van der Waals surface area (Å²) in [5.41, 5.74) is 8.25. The van der Waals surface area contributed by atoms with Crippen molar-refractivity contribution < 1.29 is 9.53 Å². The molecule has 0 radical (unpaired) electrons. The third-order valence-corrected chi connectivity index (χ3v) is 3.38. The van der Waals surface area contributed by atoms with Gasteiger partial charge in [0.1, 0.15) is 0 Å². The van der Waals surface area contributed by atoms with E-state index in [-0.39, 0.29) is 5.91 Å². The van der Waals surface area contributed by atoms with Crippen LogP contribution in [0.1, 0.15) is 27.9 Å². The van der Waals surface area contributed by atoms with E-state index in [1.54, 1.807) is 12.0 Å². The average molecular weight is 294 g/mol. The fourth-order valence-electron chi connectivity index (χ4n) is 2.07. The Labute approximate surface area is 125 Å². The molecule has 0 saturated heterocycles. The summed E-state index contributed by atoms with van der Waals surface area (Å²) < 4.78 is 5.07. The van der Waals surface area contributed by atoms with Gasteiger partial charge in [-0.25, -0.2) is 0 Å². The maximum Gasteiger partial charge on any atom is 0.254 e. The summed E-state index contributed by atoms with van der Waals surface area (Å²) in [6.45, 7) is 5.44. The smallest absolute Gasteiger partial charge is 0.254 e. The first-order valence-electron chi connectivity index (χ1n) is 6.60. The van der Waals surface area contributed by atoms with Gasteiger partial charge in [0.15, 0.2) is 0 Å². The van der Waals surface area contributed by atoms with E-state index in [0.29, 0.717) is 31.1 Å². The van der Waals surface area contributed by atoms with Gasteiger partial charge in [0.2, 0.25) is 0 Å². The largest absolute Gasteiger partial charge is 0.393 e. The second-order valence-corrected chi connectivity index (χ2v) is 5.29. The molecule has 20 heavy (non-hydrogen) atoms. The van der Waals surface area contributed by atoms with Crippen molar-refractivity contribution in [3.8, 4) is 0 Å². The van der Waals surface area contributed by atoms with Crippen LogP contribution >= 0.6 is 12.2 Å². The van der Waals surface area contributed by atoms with Crippen molar-refractivity contribution in [2.45, 2.75) is 20.3 Å². The summed E-state index contributed by atoms with van der Waals surface area (Å²) >= 11 is 4.89. The molecule has 0 spiro atoms. The van der Waals surface area contributed by atoms with Crippen LogP contribution in [0, 0.1) is 13.8 Å². The number of benzene rings is 1. The molecule has 0 saturated carbocycles. The van der Waals surface area contributed by atoms with Gasteiger partial charge in [0.25, 0.3) is 5.91 Å². The lowest BCUT2D eigenvalue weighted by molar-refractivity contribution is 0.0700. The number of methoxy groups -OCH3 is 1. The lowest BCUT2D eigenvalue weighted by atomic mass is 10.0. The summed E-state index contributed by atoms with van der Waals surface area (Å²) in [7, 11) is 1.62. The SMILES string of the molecule is COCCN(CCC(N)=S)C(=O)c1c(C)cccc1C. The molecule has 0 aliphatic carbocycles. The second-order valence-electron chi connectivity index (χ2n) is 4.77. The predicted molar refractivity (Wildman–Crippen MR) is 85.1 cm³/mol.